The number of ketones is 1. The fraction of sp³-hybridized carbons (Fsp3) is 0.462. The Balaban J connectivity index is 2.34. The maximum absolute atomic E-state index is 12.6. The topological polar surface area (TPSA) is 75.8 Å². The Hall–Kier alpha value is -1.63. The van der Waals surface area contributed by atoms with Gasteiger partial charge in [0.1, 0.15) is 13.1 Å². The number of hydrogen-bond donors (Lipinski definition) is 1. The van der Waals surface area contributed by atoms with E-state index in [1.807, 2.05) is 6.07 Å². The summed E-state index contributed by atoms with van der Waals surface area (Å²) in [5, 5.41) is 3.11. The van der Waals surface area contributed by atoms with Gasteiger partial charge in [-0.05, 0) is 7.05 Å². The molecular formula is C13H19N4O2+. The van der Waals surface area contributed by atoms with E-state index in [0.29, 0.717) is 18.7 Å². The molecule has 0 aromatic heterocycles. The average Bonchev–Trinajstić information content (AvgIpc) is 2.43. The van der Waals surface area contributed by atoms with Gasteiger partial charge in [-0.1, -0.05) is 35.2 Å². The van der Waals surface area contributed by atoms with Crippen molar-refractivity contribution in [3.63, 3.8) is 0 Å². The molecule has 6 heteroatoms. The Bertz CT molecular complexity index is 493. The summed E-state index contributed by atoms with van der Waals surface area (Å²) in [5.74, 6) is -0.177. The normalized spacial score (nSPS) is 31.9. The first-order chi connectivity index (χ1) is 8.91. The summed E-state index contributed by atoms with van der Waals surface area (Å²) in [7, 11) is 3.50. The molecule has 1 aromatic rings. The second-order valence-corrected chi connectivity index (χ2v) is 5.34. The zero-order valence-corrected chi connectivity index (χ0v) is 11.2. The van der Waals surface area contributed by atoms with Crippen LogP contribution in [0.25, 0.3) is 0 Å². The average molecular weight is 263 g/mol. The zero-order chi connectivity index (χ0) is 14.1. The van der Waals surface area contributed by atoms with Gasteiger partial charge in [0, 0.05) is 5.56 Å². The van der Waals surface area contributed by atoms with E-state index in [1.165, 1.54) is 0 Å². The van der Waals surface area contributed by atoms with Gasteiger partial charge in [0.25, 0.3) is 0 Å². The molecule has 0 aliphatic carbocycles. The first-order valence-corrected chi connectivity index (χ1v) is 6.21. The summed E-state index contributed by atoms with van der Waals surface area (Å²) in [5.41, 5.74) is 5.65. The largest absolute Gasteiger partial charge is 0.302 e. The third-order valence-electron chi connectivity index (χ3n) is 3.81. The number of likely N-dealkylation sites (N-methyl/N-ethyl adjacent to an activating group) is 2. The van der Waals surface area contributed by atoms with Crippen LogP contribution in [-0.4, -0.2) is 54.7 Å². The molecule has 0 radical (unpaired) electrons. The van der Waals surface area contributed by atoms with Gasteiger partial charge in [-0.25, -0.2) is 0 Å². The molecule has 6 nitrogen and oxygen atoms in total. The molecule has 2 N–H and O–H groups in total. The van der Waals surface area contributed by atoms with Crippen LogP contribution in [-0.2, 0) is 0 Å². The van der Waals surface area contributed by atoms with Crippen LogP contribution in [0.3, 0.4) is 0 Å². The molecule has 1 saturated heterocycles. The van der Waals surface area contributed by atoms with Crippen molar-refractivity contribution in [3.05, 3.63) is 40.8 Å². The molecule has 1 heterocycles. The van der Waals surface area contributed by atoms with Crippen LogP contribution < -0.4 is 5.73 Å². The number of nitrogens with two attached hydrogens (primary N) is 1. The number of quaternary nitrogens is 1. The van der Waals surface area contributed by atoms with E-state index in [-0.39, 0.29) is 16.9 Å². The number of piperazine rings is 1. The number of nitroso groups, excluding NO2 is 1. The molecule has 19 heavy (non-hydrogen) atoms. The summed E-state index contributed by atoms with van der Waals surface area (Å²) in [4.78, 5) is 25.4. The van der Waals surface area contributed by atoms with E-state index in [2.05, 4.69) is 5.29 Å². The van der Waals surface area contributed by atoms with Crippen LogP contribution in [0, 0.1) is 4.91 Å². The van der Waals surface area contributed by atoms with E-state index in [9.17, 15) is 9.70 Å². The van der Waals surface area contributed by atoms with E-state index in [1.54, 1.807) is 43.3 Å². The summed E-state index contributed by atoms with van der Waals surface area (Å²) in [6.07, 6.45) is 0. The van der Waals surface area contributed by atoms with E-state index >= 15 is 0 Å². The summed E-state index contributed by atoms with van der Waals surface area (Å²) in [6.45, 7) is 1.29. The lowest BCUT2D eigenvalue weighted by molar-refractivity contribution is -0.926. The van der Waals surface area contributed by atoms with Crippen molar-refractivity contribution in [2.45, 2.75) is 5.66 Å². The second kappa shape index (κ2) is 4.80. The molecule has 1 aliphatic heterocycles. The van der Waals surface area contributed by atoms with Crippen molar-refractivity contribution < 1.29 is 9.39 Å². The van der Waals surface area contributed by atoms with Gasteiger partial charge in [-0.3, -0.25) is 9.69 Å². The second-order valence-electron chi connectivity index (χ2n) is 5.34. The van der Waals surface area contributed by atoms with Crippen LogP contribution in [0.4, 0.5) is 0 Å². The smallest absolute Gasteiger partial charge is 0.203 e. The lowest BCUT2D eigenvalue weighted by Crippen LogP contribution is -2.73. The highest BCUT2D eigenvalue weighted by molar-refractivity contribution is 6.02. The summed E-state index contributed by atoms with van der Waals surface area (Å²) < 4.78 is -0.0839. The van der Waals surface area contributed by atoms with E-state index in [0.717, 1.165) is 0 Å². The molecule has 1 aromatic carbocycles. The van der Waals surface area contributed by atoms with Gasteiger partial charge in [0.2, 0.25) is 5.78 Å². The lowest BCUT2D eigenvalue weighted by Gasteiger charge is -2.44. The number of rotatable bonds is 3. The van der Waals surface area contributed by atoms with Crippen molar-refractivity contribution in [1.82, 2.24) is 4.90 Å². The van der Waals surface area contributed by atoms with Crippen LogP contribution >= 0.6 is 0 Å². The number of carbonyl (C=O) groups is 1. The monoisotopic (exact) mass is 263 g/mol. The minimum Gasteiger partial charge on any atom is -0.302 e. The SMILES string of the molecule is CN1CC[N+](C)(N=O)CC1(N)C(=O)c1ccccc1. The van der Waals surface area contributed by atoms with Crippen LogP contribution in [0.15, 0.2) is 35.6 Å². The minimum absolute atomic E-state index is 0.0839. The highest BCUT2D eigenvalue weighted by Crippen LogP contribution is 2.24. The van der Waals surface area contributed by atoms with Crippen molar-refractivity contribution in [2.24, 2.45) is 11.0 Å². The Morgan fingerprint density at radius 1 is 1.42 bits per heavy atom. The zero-order valence-electron chi connectivity index (χ0n) is 11.2. The molecule has 0 bridgehead atoms. The molecule has 0 saturated carbocycles. The van der Waals surface area contributed by atoms with Crippen molar-refractivity contribution in [2.75, 3.05) is 33.7 Å². The molecule has 1 fully saturated rings. The van der Waals surface area contributed by atoms with Gasteiger partial charge < -0.3 is 5.73 Å². The lowest BCUT2D eigenvalue weighted by atomic mass is 9.94. The van der Waals surface area contributed by atoms with Crippen molar-refractivity contribution >= 4 is 5.78 Å². The Kier molecular flexibility index (Phi) is 3.49. The van der Waals surface area contributed by atoms with Crippen LogP contribution in [0.1, 0.15) is 10.4 Å². The fourth-order valence-corrected chi connectivity index (χ4v) is 2.44. The number of hydrogen-bond acceptors (Lipinski definition) is 5. The van der Waals surface area contributed by atoms with Gasteiger partial charge in [0.15, 0.2) is 10.9 Å². The molecule has 2 unspecified atom stereocenters. The van der Waals surface area contributed by atoms with Crippen molar-refractivity contribution in [1.29, 1.82) is 0 Å². The van der Waals surface area contributed by atoms with E-state index < -0.39 is 5.66 Å². The third kappa shape index (κ3) is 2.42. The Morgan fingerprint density at radius 3 is 2.63 bits per heavy atom. The van der Waals surface area contributed by atoms with Crippen LogP contribution in [0.2, 0.25) is 0 Å². The van der Waals surface area contributed by atoms with Gasteiger partial charge in [0.05, 0.1) is 13.6 Å². The highest BCUT2D eigenvalue weighted by Gasteiger charge is 2.50. The van der Waals surface area contributed by atoms with Crippen molar-refractivity contribution in [3.8, 4) is 0 Å². The van der Waals surface area contributed by atoms with Gasteiger partial charge >= 0.3 is 0 Å². The summed E-state index contributed by atoms with van der Waals surface area (Å²) >= 11 is 0. The maximum atomic E-state index is 12.6. The molecule has 2 rings (SSSR count). The van der Waals surface area contributed by atoms with Crippen LogP contribution in [0.5, 0.6) is 0 Å². The first kappa shape index (κ1) is 13.8. The fourth-order valence-electron chi connectivity index (χ4n) is 2.44. The molecule has 2 atom stereocenters. The van der Waals surface area contributed by atoms with Gasteiger partial charge in [-0.15, -0.1) is 0 Å². The number of Topliss-reactive ketones (excluding diaryl/α,β-unsaturated/α-hetero) is 1. The molecule has 102 valence electrons. The molecular weight excluding hydrogens is 244 g/mol. The molecule has 0 spiro atoms. The number of carbonyl (C=O) groups excluding carboxylic acids is 1. The summed E-state index contributed by atoms with van der Waals surface area (Å²) in [6, 6.07) is 8.91. The van der Waals surface area contributed by atoms with Gasteiger partial charge in [-0.2, -0.15) is 4.59 Å². The standard InChI is InChI=1S/C13H19N4O2/c1-16-8-9-17(2,15-19)10-13(16,14)12(18)11-6-4-3-5-7-11/h3-7H,8-10,14H2,1-2H3/q+1. The first-order valence-electron chi connectivity index (χ1n) is 6.21. The third-order valence-corrected chi connectivity index (χ3v) is 3.81. The van der Waals surface area contributed by atoms with E-state index in [4.69, 9.17) is 5.73 Å². The highest BCUT2D eigenvalue weighted by atomic mass is 16.3. The predicted octanol–water partition coefficient (Wildman–Crippen LogP) is 0.598. The molecule has 0 amide bonds. The quantitative estimate of drug-likeness (QED) is 0.492. The minimum atomic E-state index is -1.19. The molecule has 1 aliphatic rings. The number of nitrogens with zero attached hydrogens (tertiary/aromatic N) is 3. The maximum Gasteiger partial charge on any atom is 0.203 e. The number of benzene rings is 1. The predicted molar refractivity (Wildman–Crippen MR) is 72.0 cm³/mol. The Labute approximate surface area is 112 Å². The Morgan fingerprint density at radius 2 is 2.05 bits per heavy atom.